The molecule has 0 saturated heterocycles. The molecule has 0 aliphatic rings. The molecule has 0 aliphatic carbocycles. The molecule has 9 nitrogen and oxygen atoms in total. The molecule has 12 heteroatoms. The Bertz CT molecular complexity index is 1070. The fourth-order valence-corrected chi connectivity index (χ4v) is 3.41. The van der Waals surface area contributed by atoms with Crippen molar-refractivity contribution in [1.82, 2.24) is 19.6 Å². The lowest BCUT2D eigenvalue weighted by Gasteiger charge is -2.10. The summed E-state index contributed by atoms with van der Waals surface area (Å²) in [4.78, 5) is 7.24. The molecule has 3 aromatic rings. The Morgan fingerprint density at radius 1 is 1.21 bits per heavy atom. The Morgan fingerprint density at radius 3 is 2.62 bits per heavy atom. The average molecular weight is 390 g/mol. The van der Waals surface area contributed by atoms with Crippen molar-refractivity contribution in [3.05, 3.63) is 33.8 Å². The van der Waals surface area contributed by atoms with E-state index in [2.05, 4.69) is 19.8 Å². The maximum atomic E-state index is 12.4. The van der Waals surface area contributed by atoms with Gasteiger partial charge in [0.2, 0.25) is 11.8 Å². The number of anilines is 1. The van der Waals surface area contributed by atoms with Gasteiger partial charge >= 0.3 is 0 Å². The van der Waals surface area contributed by atoms with E-state index >= 15 is 0 Å². The van der Waals surface area contributed by atoms with Gasteiger partial charge < -0.3 is 10.2 Å². The van der Waals surface area contributed by atoms with E-state index < -0.39 is 26.9 Å². The number of hydrogen-bond acceptors (Lipinski definition) is 7. The van der Waals surface area contributed by atoms with E-state index in [1.807, 2.05) is 0 Å². The second kappa shape index (κ2) is 5.65. The van der Waals surface area contributed by atoms with Gasteiger partial charge in [0.1, 0.15) is 0 Å². The highest BCUT2D eigenvalue weighted by Crippen LogP contribution is 2.34. The van der Waals surface area contributed by atoms with Gasteiger partial charge in [-0.3, -0.25) is 4.72 Å². The van der Waals surface area contributed by atoms with Gasteiger partial charge in [0, 0.05) is 0 Å². The van der Waals surface area contributed by atoms with Crippen LogP contribution in [0.1, 0.15) is 5.56 Å². The average Bonchev–Trinajstić information content (AvgIpc) is 2.93. The summed E-state index contributed by atoms with van der Waals surface area (Å²) in [7, 11) is -4.26. The van der Waals surface area contributed by atoms with Crippen LogP contribution in [0.15, 0.2) is 23.4 Å². The fourth-order valence-electron chi connectivity index (χ4n) is 1.87. The predicted octanol–water partition coefficient (Wildman–Crippen LogP) is 1.95. The first-order valence-electron chi connectivity index (χ1n) is 6.32. The molecule has 0 spiro atoms. The van der Waals surface area contributed by atoms with Crippen LogP contribution in [-0.4, -0.2) is 38.2 Å². The van der Waals surface area contributed by atoms with Crippen LogP contribution < -0.4 is 4.72 Å². The zero-order valence-corrected chi connectivity index (χ0v) is 14.2. The number of aromatic hydroxyl groups is 2. The number of fused-ring (bicyclic) bond motifs is 1. The summed E-state index contributed by atoms with van der Waals surface area (Å²) >= 11 is 12.1. The third-order valence-electron chi connectivity index (χ3n) is 3.02. The summed E-state index contributed by atoms with van der Waals surface area (Å²) in [6, 6.07) is 4.01. The zero-order valence-electron chi connectivity index (χ0n) is 11.9. The molecule has 3 rings (SSSR count). The van der Waals surface area contributed by atoms with Crippen LogP contribution in [0, 0.1) is 6.92 Å². The van der Waals surface area contributed by atoms with E-state index in [1.165, 1.54) is 6.07 Å². The summed E-state index contributed by atoms with van der Waals surface area (Å²) in [5.74, 6) is -1.36. The number of aromatic nitrogens is 4. The number of rotatable bonds is 3. The summed E-state index contributed by atoms with van der Waals surface area (Å²) in [6.45, 7) is 1.68. The van der Waals surface area contributed by atoms with E-state index in [-0.39, 0.29) is 21.5 Å². The molecule has 0 saturated carbocycles. The molecule has 0 aliphatic heterocycles. The van der Waals surface area contributed by atoms with Crippen molar-refractivity contribution in [2.24, 2.45) is 0 Å². The number of sulfonamides is 1. The Kier molecular flexibility index (Phi) is 3.90. The van der Waals surface area contributed by atoms with Crippen LogP contribution in [0.25, 0.3) is 5.78 Å². The Labute approximate surface area is 145 Å². The second-order valence-electron chi connectivity index (χ2n) is 4.74. The number of nitrogens with zero attached hydrogens (tertiary/aromatic N) is 4. The third-order valence-corrected chi connectivity index (χ3v) is 4.95. The zero-order chi connectivity index (χ0) is 17.6. The number of benzene rings is 1. The molecular weight excluding hydrogens is 381 g/mol. The van der Waals surface area contributed by atoms with Gasteiger partial charge in [0.25, 0.3) is 21.0 Å². The first-order valence-corrected chi connectivity index (χ1v) is 8.56. The summed E-state index contributed by atoms with van der Waals surface area (Å²) in [6.07, 6.45) is 0. The van der Waals surface area contributed by atoms with E-state index in [4.69, 9.17) is 23.2 Å². The normalized spacial score (nSPS) is 11.8. The number of hydrogen-bond donors (Lipinski definition) is 3. The Hall–Kier alpha value is -2.30. The minimum absolute atomic E-state index is 0.0165. The van der Waals surface area contributed by atoms with Crippen LogP contribution in [0.5, 0.6) is 11.8 Å². The quantitative estimate of drug-likeness (QED) is 0.623. The topological polar surface area (TPSA) is 130 Å². The molecular formula is C12H9Cl2N5O4S. The summed E-state index contributed by atoms with van der Waals surface area (Å²) in [5, 5.41) is 22.2. The highest BCUT2D eigenvalue weighted by atomic mass is 35.5. The monoisotopic (exact) mass is 389 g/mol. The first kappa shape index (κ1) is 16.6. The summed E-state index contributed by atoms with van der Waals surface area (Å²) in [5.41, 5.74) is 0.600. The lowest BCUT2D eigenvalue weighted by Crippen LogP contribution is -2.15. The number of aryl methyl sites for hydroxylation is 1. The van der Waals surface area contributed by atoms with Crippen LogP contribution in [0.3, 0.4) is 0 Å². The minimum Gasteiger partial charge on any atom is -0.493 e. The van der Waals surface area contributed by atoms with Crippen molar-refractivity contribution >= 4 is 44.7 Å². The Morgan fingerprint density at radius 2 is 1.92 bits per heavy atom. The van der Waals surface area contributed by atoms with Gasteiger partial charge in [-0.2, -0.15) is 22.9 Å². The molecule has 2 heterocycles. The highest BCUT2D eigenvalue weighted by Gasteiger charge is 2.25. The van der Waals surface area contributed by atoms with Crippen molar-refractivity contribution in [1.29, 1.82) is 0 Å². The predicted molar refractivity (Wildman–Crippen MR) is 86.1 cm³/mol. The summed E-state index contributed by atoms with van der Waals surface area (Å²) < 4.78 is 27.9. The third kappa shape index (κ3) is 2.79. The number of halogens is 2. The maximum Gasteiger partial charge on any atom is 0.299 e. The van der Waals surface area contributed by atoms with E-state index in [0.717, 1.165) is 10.6 Å². The SMILES string of the molecule is Cc1ccc(Cl)c(NS(=O)(=O)c2nc3nc(O)cc(O)n3n2)c1Cl. The van der Waals surface area contributed by atoms with Crippen LogP contribution in [0.2, 0.25) is 10.0 Å². The smallest absolute Gasteiger partial charge is 0.299 e. The molecule has 0 fully saturated rings. The van der Waals surface area contributed by atoms with Crippen molar-refractivity contribution in [2.45, 2.75) is 12.1 Å². The standard InChI is InChI=1S/C12H9Cl2N5O4S/c1-5-2-3-6(13)10(9(5)14)18-24(22,23)12-16-11-15-7(20)4-8(21)19(11)17-12/h2-4,18,21H,1H3,(H,15,16,17,20). The molecule has 1 aromatic carbocycles. The lowest BCUT2D eigenvalue weighted by atomic mass is 10.2. The molecule has 0 bridgehead atoms. The van der Waals surface area contributed by atoms with Crippen LogP contribution in [0.4, 0.5) is 5.69 Å². The van der Waals surface area contributed by atoms with Crippen molar-refractivity contribution in [2.75, 3.05) is 4.72 Å². The van der Waals surface area contributed by atoms with Crippen molar-refractivity contribution in [3.63, 3.8) is 0 Å². The number of nitrogens with one attached hydrogen (secondary N) is 1. The minimum atomic E-state index is -4.26. The van der Waals surface area contributed by atoms with Gasteiger partial charge in [-0.1, -0.05) is 29.3 Å². The van der Waals surface area contributed by atoms with Crippen LogP contribution in [-0.2, 0) is 10.0 Å². The lowest BCUT2D eigenvalue weighted by molar-refractivity contribution is 0.411. The highest BCUT2D eigenvalue weighted by molar-refractivity contribution is 7.92. The maximum absolute atomic E-state index is 12.4. The molecule has 0 unspecified atom stereocenters. The van der Waals surface area contributed by atoms with Crippen molar-refractivity contribution in [3.8, 4) is 11.8 Å². The van der Waals surface area contributed by atoms with Gasteiger partial charge in [0.15, 0.2) is 0 Å². The Balaban J connectivity index is 2.09. The largest absolute Gasteiger partial charge is 0.493 e. The molecule has 0 radical (unpaired) electrons. The van der Waals surface area contributed by atoms with Gasteiger partial charge in [-0.25, -0.2) is 0 Å². The van der Waals surface area contributed by atoms with Crippen LogP contribution >= 0.6 is 23.2 Å². The van der Waals surface area contributed by atoms with E-state index in [0.29, 0.717) is 5.56 Å². The van der Waals surface area contributed by atoms with Gasteiger partial charge in [0.05, 0.1) is 21.8 Å². The molecule has 0 atom stereocenters. The van der Waals surface area contributed by atoms with E-state index in [1.54, 1.807) is 13.0 Å². The molecule has 3 N–H and O–H groups in total. The van der Waals surface area contributed by atoms with Crippen molar-refractivity contribution < 1.29 is 18.6 Å². The van der Waals surface area contributed by atoms with Gasteiger partial charge in [-0.15, -0.1) is 5.10 Å². The van der Waals surface area contributed by atoms with E-state index in [9.17, 15) is 18.6 Å². The molecule has 0 amide bonds. The molecule has 126 valence electrons. The first-order chi connectivity index (χ1) is 11.2. The molecule has 2 aromatic heterocycles. The van der Waals surface area contributed by atoms with Gasteiger partial charge in [-0.05, 0) is 18.6 Å². The fraction of sp³-hybridized carbons (Fsp3) is 0.0833. The second-order valence-corrected chi connectivity index (χ2v) is 7.10. The molecule has 24 heavy (non-hydrogen) atoms.